The smallest absolute Gasteiger partial charge is 0.221 e. The first-order valence-electron chi connectivity index (χ1n) is 11.3. The molecule has 2 aromatic carbocycles. The Bertz CT molecular complexity index is 930. The number of methoxy groups -OCH3 is 1. The molecule has 8 heteroatoms. The van der Waals surface area contributed by atoms with Crippen LogP contribution in [0.5, 0.6) is 11.5 Å². The average molecular weight is 566 g/mol. The Hall–Kier alpha value is -2.49. The molecule has 0 atom stereocenters. The molecule has 0 radical (unpaired) electrons. The summed E-state index contributed by atoms with van der Waals surface area (Å²) < 4.78 is 11.9. The molecule has 3 rings (SSSR count). The normalized spacial score (nSPS) is 13.7. The highest BCUT2D eigenvalue weighted by atomic mass is 127. The van der Waals surface area contributed by atoms with Crippen LogP contribution in [0.2, 0.25) is 0 Å². The minimum absolute atomic E-state index is 0. The number of carbonyl (C=O) groups is 1. The summed E-state index contributed by atoms with van der Waals surface area (Å²) in [5.74, 6) is 2.20. The molecule has 1 aliphatic carbocycles. The van der Waals surface area contributed by atoms with Crippen LogP contribution in [-0.2, 0) is 17.9 Å². The van der Waals surface area contributed by atoms with Crippen molar-refractivity contribution >= 4 is 41.5 Å². The van der Waals surface area contributed by atoms with Gasteiger partial charge in [0.05, 0.1) is 19.8 Å². The number of ether oxygens (including phenoxy) is 2. The van der Waals surface area contributed by atoms with Crippen LogP contribution in [0.1, 0.15) is 50.7 Å². The van der Waals surface area contributed by atoms with E-state index in [0.717, 1.165) is 47.7 Å². The Morgan fingerprint density at radius 3 is 2.58 bits per heavy atom. The fourth-order valence-corrected chi connectivity index (χ4v) is 3.81. The van der Waals surface area contributed by atoms with Gasteiger partial charge in [-0.2, -0.15) is 0 Å². The SMILES string of the molecule is CCNC(=NCc1cccc(NC(C)=O)c1)NCc1cccc(OC)c1OC1CCCC1.I. The van der Waals surface area contributed by atoms with E-state index in [1.165, 1.54) is 19.8 Å². The Balaban J connectivity index is 0.00000385. The van der Waals surface area contributed by atoms with E-state index in [1.54, 1.807) is 7.11 Å². The number of nitrogens with zero attached hydrogens (tertiary/aromatic N) is 1. The van der Waals surface area contributed by atoms with Gasteiger partial charge in [0.1, 0.15) is 0 Å². The van der Waals surface area contributed by atoms with Crippen LogP contribution >= 0.6 is 24.0 Å². The summed E-state index contributed by atoms with van der Waals surface area (Å²) in [6, 6.07) is 13.7. The lowest BCUT2D eigenvalue weighted by molar-refractivity contribution is -0.114. The van der Waals surface area contributed by atoms with Crippen LogP contribution in [-0.4, -0.2) is 31.6 Å². The number of carbonyl (C=O) groups excluding carboxylic acids is 1. The van der Waals surface area contributed by atoms with Crippen molar-refractivity contribution in [2.24, 2.45) is 4.99 Å². The molecule has 180 valence electrons. The van der Waals surface area contributed by atoms with Gasteiger partial charge >= 0.3 is 0 Å². The third kappa shape index (κ3) is 8.42. The molecule has 0 aromatic heterocycles. The Morgan fingerprint density at radius 1 is 1.12 bits per heavy atom. The molecule has 33 heavy (non-hydrogen) atoms. The van der Waals surface area contributed by atoms with Gasteiger partial charge in [-0.1, -0.05) is 24.3 Å². The molecule has 7 nitrogen and oxygen atoms in total. The molecule has 2 aromatic rings. The van der Waals surface area contributed by atoms with Gasteiger partial charge in [0, 0.05) is 31.3 Å². The van der Waals surface area contributed by atoms with Crippen LogP contribution in [0.3, 0.4) is 0 Å². The zero-order valence-corrected chi connectivity index (χ0v) is 22.0. The second-order valence-electron chi connectivity index (χ2n) is 7.90. The first-order valence-corrected chi connectivity index (χ1v) is 11.3. The summed E-state index contributed by atoms with van der Waals surface area (Å²) in [7, 11) is 1.68. The van der Waals surface area contributed by atoms with E-state index >= 15 is 0 Å². The topological polar surface area (TPSA) is 84.0 Å². The van der Waals surface area contributed by atoms with Gasteiger partial charge in [0.25, 0.3) is 0 Å². The molecule has 0 aliphatic heterocycles. The lowest BCUT2D eigenvalue weighted by Gasteiger charge is -2.20. The second kappa shape index (κ2) is 13.9. The highest BCUT2D eigenvalue weighted by molar-refractivity contribution is 14.0. The number of aliphatic imine (C=N–C) groups is 1. The molecule has 0 saturated heterocycles. The van der Waals surface area contributed by atoms with E-state index in [4.69, 9.17) is 14.5 Å². The van der Waals surface area contributed by atoms with Gasteiger partial charge in [-0.3, -0.25) is 4.79 Å². The van der Waals surface area contributed by atoms with Gasteiger partial charge in [0.2, 0.25) is 5.91 Å². The monoisotopic (exact) mass is 566 g/mol. The molecule has 1 aliphatic rings. The zero-order valence-electron chi connectivity index (χ0n) is 19.6. The Kier molecular flexibility index (Phi) is 11.3. The molecule has 3 N–H and O–H groups in total. The lowest BCUT2D eigenvalue weighted by atomic mass is 10.1. The van der Waals surface area contributed by atoms with Crippen LogP contribution < -0.4 is 25.4 Å². The van der Waals surface area contributed by atoms with Crippen molar-refractivity contribution < 1.29 is 14.3 Å². The van der Waals surface area contributed by atoms with E-state index in [2.05, 4.69) is 22.0 Å². The number of hydrogen-bond donors (Lipinski definition) is 3. The van der Waals surface area contributed by atoms with Gasteiger partial charge < -0.3 is 25.4 Å². The van der Waals surface area contributed by atoms with Crippen molar-refractivity contribution in [1.29, 1.82) is 0 Å². The number of rotatable bonds is 9. The number of guanidine groups is 1. The van der Waals surface area contributed by atoms with Crippen molar-refractivity contribution in [3.05, 3.63) is 53.6 Å². The van der Waals surface area contributed by atoms with Crippen LogP contribution in [0.25, 0.3) is 0 Å². The predicted octanol–water partition coefficient (Wildman–Crippen LogP) is 4.85. The quantitative estimate of drug-likeness (QED) is 0.230. The number of hydrogen-bond acceptors (Lipinski definition) is 4. The van der Waals surface area contributed by atoms with Gasteiger partial charge in [-0.25, -0.2) is 4.99 Å². The van der Waals surface area contributed by atoms with Crippen LogP contribution in [0.15, 0.2) is 47.5 Å². The molecule has 0 spiro atoms. The fourth-order valence-electron chi connectivity index (χ4n) is 3.81. The standard InChI is InChI=1S/C25H34N4O3.HI/c1-4-26-25(27-16-19-9-7-11-21(15-19)29-18(2)30)28-17-20-10-8-14-23(31-3)24(20)32-22-12-5-6-13-22;/h7-11,14-15,22H,4-6,12-13,16-17H2,1-3H3,(H,29,30)(H2,26,27,28);1H. The predicted molar refractivity (Wildman–Crippen MR) is 144 cm³/mol. The van der Waals surface area contributed by atoms with Crippen molar-refractivity contribution in [3.8, 4) is 11.5 Å². The van der Waals surface area contributed by atoms with E-state index in [0.29, 0.717) is 19.0 Å². The number of para-hydroxylation sites is 1. The summed E-state index contributed by atoms with van der Waals surface area (Å²) in [5, 5.41) is 9.50. The maximum absolute atomic E-state index is 11.3. The fraction of sp³-hybridized carbons (Fsp3) is 0.440. The molecular formula is C25H35IN4O3. The molecule has 0 unspecified atom stereocenters. The minimum atomic E-state index is -0.0884. The highest BCUT2D eigenvalue weighted by Crippen LogP contribution is 2.34. The zero-order chi connectivity index (χ0) is 22.8. The third-order valence-electron chi connectivity index (χ3n) is 5.32. The second-order valence-corrected chi connectivity index (χ2v) is 7.90. The van der Waals surface area contributed by atoms with Gasteiger partial charge in [-0.05, 0) is 56.4 Å². The van der Waals surface area contributed by atoms with E-state index in [-0.39, 0.29) is 36.0 Å². The van der Waals surface area contributed by atoms with E-state index in [9.17, 15) is 4.79 Å². The summed E-state index contributed by atoms with van der Waals surface area (Å²) in [6.07, 6.45) is 4.86. The first kappa shape index (κ1) is 26.8. The Labute approximate surface area is 213 Å². The van der Waals surface area contributed by atoms with Crippen molar-refractivity contribution in [2.75, 3.05) is 19.0 Å². The number of nitrogens with one attached hydrogen (secondary N) is 3. The van der Waals surface area contributed by atoms with E-state index < -0.39 is 0 Å². The number of halogens is 1. The molecular weight excluding hydrogens is 531 g/mol. The molecule has 1 fully saturated rings. The maximum Gasteiger partial charge on any atom is 0.221 e. The summed E-state index contributed by atoms with van der Waals surface area (Å²) in [6.45, 7) is 5.35. The first-order chi connectivity index (χ1) is 15.6. The minimum Gasteiger partial charge on any atom is -0.493 e. The van der Waals surface area contributed by atoms with Crippen molar-refractivity contribution in [1.82, 2.24) is 10.6 Å². The van der Waals surface area contributed by atoms with E-state index in [1.807, 2.05) is 43.3 Å². The van der Waals surface area contributed by atoms with Gasteiger partial charge in [0.15, 0.2) is 17.5 Å². The molecule has 0 heterocycles. The highest BCUT2D eigenvalue weighted by Gasteiger charge is 2.20. The number of anilines is 1. The number of benzene rings is 2. The summed E-state index contributed by atoms with van der Waals surface area (Å²) in [4.78, 5) is 16.0. The largest absolute Gasteiger partial charge is 0.493 e. The molecule has 1 saturated carbocycles. The average Bonchev–Trinajstić information content (AvgIpc) is 3.29. The Morgan fingerprint density at radius 2 is 1.88 bits per heavy atom. The van der Waals surface area contributed by atoms with Crippen molar-refractivity contribution in [3.63, 3.8) is 0 Å². The third-order valence-corrected chi connectivity index (χ3v) is 5.32. The summed E-state index contributed by atoms with van der Waals surface area (Å²) in [5.41, 5.74) is 2.82. The molecule has 0 bridgehead atoms. The van der Waals surface area contributed by atoms with Gasteiger partial charge in [-0.15, -0.1) is 24.0 Å². The number of amides is 1. The van der Waals surface area contributed by atoms with Crippen LogP contribution in [0, 0.1) is 0 Å². The molecule has 1 amide bonds. The summed E-state index contributed by atoms with van der Waals surface area (Å²) >= 11 is 0. The van der Waals surface area contributed by atoms with Crippen molar-refractivity contribution in [2.45, 2.75) is 58.7 Å². The maximum atomic E-state index is 11.3. The van der Waals surface area contributed by atoms with Crippen LogP contribution in [0.4, 0.5) is 5.69 Å². The lowest BCUT2D eigenvalue weighted by Crippen LogP contribution is -2.37.